The number of nitrogens with one attached hydrogen (secondary N) is 2. The van der Waals surface area contributed by atoms with Crippen LogP contribution in [0.1, 0.15) is 55.4 Å². The Balaban J connectivity index is 0.000000401. The Morgan fingerprint density at radius 2 is 0.786 bits per heavy atom. The Morgan fingerprint density at radius 3 is 1.00 bits per heavy atom. The van der Waals surface area contributed by atoms with Crippen LogP contribution in [0.25, 0.3) is 0 Å². The van der Waals surface area contributed by atoms with Crippen molar-refractivity contribution in [2.75, 3.05) is 6.61 Å². The summed E-state index contributed by atoms with van der Waals surface area (Å²) in [6, 6.07) is 21.6. The molecular formula is C34H52Cl2Hf2N2Si2. The van der Waals surface area contributed by atoms with E-state index in [1.54, 1.807) is 33.4 Å². The molecule has 2 aliphatic carbocycles. The molecule has 0 bridgehead atoms. The molecule has 0 aliphatic heterocycles. The largest absolute Gasteiger partial charge is 0.147 e. The Hall–Kier alpha value is -0.246. The predicted molar refractivity (Wildman–Crippen MR) is 190 cm³/mol. The van der Waals surface area contributed by atoms with E-state index in [1.807, 2.05) is 6.66 Å². The second kappa shape index (κ2) is 18.0. The van der Waals surface area contributed by atoms with Gasteiger partial charge in [0.25, 0.3) is 0 Å². The van der Waals surface area contributed by atoms with Gasteiger partial charge in [-0.05, 0) is 0 Å². The van der Waals surface area contributed by atoms with Crippen molar-refractivity contribution in [3.05, 3.63) is 101 Å². The number of benzene rings is 2. The zero-order chi connectivity index (χ0) is 29.7. The van der Waals surface area contributed by atoms with E-state index < -0.39 is 40.7 Å². The molecule has 0 saturated carbocycles. The van der Waals surface area contributed by atoms with Crippen molar-refractivity contribution in [1.29, 1.82) is 0 Å². The molecule has 2 nitrogen and oxygen atoms in total. The summed E-state index contributed by atoms with van der Waals surface area (Å²) >= 11 is -3.88. The summed E-state index contributed by atoms with van der Waals surface area (Å²) < 4.78 is 11.6. The number of anilines is 2. The van der Waals surface area contributed by atoms with Gasteiger partial charge in [-0.2, -0.15) is 0 Å². The zero-order valence-electron chi connectivity index (χ0n) is 27.7. The molecule has 8 heteroatoms. The van der Waals surface area contributed by atoms with Gasteiger partial charge < -0.3 is 0 Å². The number of rotatable bonds is 6. The molecule has 2 unspecified atom stereocenters. The van der Waals surface area contributed by atoms with Gasteiger partial charge in [0, 0.05) is 0 Å². The molecule has 0 heterocycles. The number of allylic oxidation sites excluding steroid dienone is 8. The first-order valence-corrected chi connectivity index (χ1v) is 37.6. The Bertz CT molecular complexity index is 1340. The smallest absolute Gasteiger partial charge is 0.147 e. The maximum Gasteiger partial charge on any atom is -0.147 e. The van der Waals surface area contributed by atoms with Crippen LogP contribution >= 0.6 is 24.8 Å². The molecule has 0 aromatic heterocycles. The van der Waals surface area contributed by atoms with Crippen LogP contribution in [-0.4, -0.2) is 11.0 Å². The molecule has 0 amide bonds. The molecule has 2 atom stereocenters. The van der Waals surface area contributed by atoms with Crippen LogP contribution in [0.15, 0.2) is 101 Å². The van der Waals surface area contributed by atoms with Crippen LogP contribution in [0.2, 0.25) is 26.2 Å². The number of hydrogen-bond donors (Lipinski definition) is 2. The maximum atomic E-state index is 4.00. The molecule has 0 fully saturated rings. The molecule has 2 aliphatic rings. The van der Waals surface area contributed by atoms with Gasteiger partial charge in [-0.3, -0.25) is 0 Å². The average Bonchev–Trinajstić information content (AvgIpc) is 3.25. The third-order valence-electron chi connectivity index (χ3n) is 8.91. The molecule has 4 rings (SSSR count). The maximum absolute atomic E-state index is 4.00. The van der Waals surface area contributed by atoms with Crippen LogP contribution in [0, 0.1) is 11.8 Å². The molecule has 2 aromatic rings. The monoisotopic (exact) mass is 974 g/mol. The van der Waals surface area contributed by atoms with Crippen molar-refractivity contribution in [2.45, 2.75) is 81.6 Å². The van der Waals surface area contributed by atoms with Gasteiger partial charge in [-0.15, -0.1) is 24.8 Å². The van der Waals surface area contributed by atoms with E-state index in [1.165, 1.54) is 11.4 Å². The van der Waals surface area contributed by atoms with Gasteiger partial charge in [0.05, 0.1) is 0 Å². The van der Waals surface area contributed by atoms with Crippen LogP contribution in [0.3, 0.4) is 0 Å². The normalized spacial score (nSPS) is 17.7. The quantitative estimate of drug-likeness (QED) is 0.282. The Kier molecular flexibility index (Phi) is 17.1. The van der Waals surface area contributed by atoms with E-state index in [4.69, 9.17) is 0 Å². The fraction of sp³-hybridized carbons (Fsp3) is 0.412. The van der Waals surface area contributed by atoms with Crippen LogP contribution in [0.5, 0.6) is 0 Å². The van der Waals surface area contributed by atoms with Gasteiger partial charge in [0.2, 0.25) is 0 Å². The average molecular weight is 973 g/mol. The van der Waals surface area contributed by atoms with Crippen LogP contribution in [0.4, 0.5) is 11.4 Å². The first kappa shape index (κ1) is 39.8. The second-order valence-corrected chi connectivity index (χ2v) is 56.7. The minimum absolute atomic E-state index is 0. The zero-order valence-corrected chi connectivity index (χ0v) is 38.6. The van der Waals surface area contributed by atoms with Crippen molar-refractivity contribution in [2.24, 2.45) is 11.8 Å². The summed E-state index contributed by atoms with van der Waals surface area (Å²) in [7, 11) is 0. The van der Waals surface area contributed by atoms with Gasteiger partial charge in [0.1, 0.15) is 0 Å². The van der Waals surface area contributed by atoms with E-state index in [-0.39, 0.29) is 35.8 Å². The standard InChI is InChI=1S/2C9H13.2C6H6N.2C2H6Si.2ClH.2Hf/c2*1-6-5-7(2)9(4)8(6)3;2*7-6-4-2-1-3-5-6;2*1-3-2;;;;/h2*6H,1-4H3;2*1-5,7H;2*1-2H3;2*1H;;/q;;2*-1;;;;;2*+1. The van der Waals surface area contributed by atoms with Gasteiger partial charge in [-0.1, -0.05) is 0 Å². The summed E-state index contributed by atoms with van der Waals surface area (Å²) in [6.45, 7) is 28.8. The summed E-state index contributed by atoms with van der Waals surface area (Å²) in [5, 5.41) is 0. The second-order valence-electron chi connectivity index (χ2n) is 11.9. The molecule has 228 valence electrons. The summed E-state index contributed by atoms with van der Waals surface area (Å²) in [6.07, 6.45) is 0. The van der Waals surface area contributed by atoms with E-state index in [0.29, 0.717) is 11.8 Å². The van der Waals surface area contributed by atoms with Crippen LogP contribution < -0.4 is 6.61 Å². The van der Waals surface area contributed by atoms with Crippen molar-refractivity contribution in [3.8, 4) is 0 Å². The van der Waals surface area contributed by atoms with E-state index in [2.05, 4.69) is 149 Å². The third kappa shape index (κ3) is 9.39. The van der Waals surface area contributed by atoms with Crippen LogP contribution in [-0.2, 0) is 40.7 Å². The Labute approximate surface area is 285 Å². The minimum atomic E-state index is -1.94. The molecule has 0 radical (unpaired) electrons. The summed E-state index contributed by atoms with van der Waals surface area (Å²) in [4.78, 5) is 0. The summed E-state index contributed by atoms with van der Waals surface area (Å²) in [5.74, 6) is 1.35. The first-order chi connectivity index (χ1) is 18.9. The third-order valence-corrected chi connectivity index (χ3v) is 52.5. The van der Waals surface area contributed by atoms with Crippen molar-refractivity contribution in [1.82, 2.24) is 0 Å². The SMILES string of the molecule is CC1=C(C)C(C)[C]([Hf]([NH]c2ccccc2)=[Si](C)C)=C1C.CC1=C(C)C(C)[C]([Hf]([NH]c2ccccc2)=[Si](C)C)=C1C.Cl.Cl. The molecule has 2 aromatic carbocycles. The van der Waals surface area contributed by atoms with E-state index in [0.717, 1.165) is 0 Å². The molecule has 0 spiro atoms. The molecule has 0 saturated heterocycles. The number of halogens is 2. The minimum Gasteiger partial charge on any atom is -0.147 e. The van der Waals surface area contributed by atoms with Gasteiger partial charge in [0.15, 0.2) is 0 Å². The molecular weight excluding hydrogens is 920 g/mol. The number of hydrogen-bond acceptors (Lipinski definition) is 2. The van der Waals surface area contributed by atoms with Crippen molar-refractivity contribution < 1.29 is 40.7 Å². The number of para-hydroxylation sites is 2. The van der Waals surface area contributed by atoms with E-state index in [9.17, 15) is 0 Å². The van der Waals surface area contributed by atoms with Gasteiger partial charge >= 0.3 is 264 Å². The van der Waals surface area contributed by atoms with Gasteiger partial charge in [-0.25, -0.2) is 0 Å². The van der Waals surface area contributed by atoms with Crippen molar-refractivity contribution in [3.63, 3.8) is 0 Å². The molecule has 2 N–H and O–H groups in total. The predicted octanol–water partition coefficient (Wildman–Crippen LogP) is 11.1. The van der Waals surface area contributed by atoms with Crippen molar-refractivity contribution >= 4 is 47.2 Å². The Morgan fingerprint density at radius 1 is 0.500 bits per heavy atom. The van der Waals surface area contributed by atoms with E-state index >= 15 is 0 Å². The fourth-order valence-electron chi connectivity index (χ4n) is 5.79. The first-order valence-electron chi connectivity index (χ1n) is 14.6. The molecule has 42 heavy (non-hydrogen) atoms. The summed E-state index contributed by atoms with van der Waals surface area (Å²) in [5.41, 5.74) is 11.7. The topological polar surface area (TPSA) is 24.1 Å². The fourth-order valence-corrected chi connectivity index (χ4v) is 46.3.